The second kappa shape index (κ2) is 9.13. The van der Waals surface area contributed by atoms with Crippen LogP contribution in [-0.2, 0) is 11.2 Å². The number of benzene rings is 2. The quantitative estimate of drug-likeness (QED) is 0.764. The molecule has 1 amide bonds. The first-order chi connectivity index (χ1) is 11.6. The molecular weight excluding hydrogens is 331 g/mol. The highest BCUT2D eigenvalue weighted by molar-refractivity contribution is 6.31. The number of hydrogen-bond donors (Lipinski definition) is 2. The molecule has 2 rings (SSSR count). The van der Waals surface area contributed by atoms with Crippen molar-refractivity contribution in [1.29, 1.82) is 0 Å². The van der Waals surface area contributed by atoms with E-state index in [1.165, 1.54) is 12.1 Å². The van der Waals surface area contributed by atoms with Crippen LogP contribution in [0.15, 0.2) is 42.5 Å². The molecule has 0 unspecified atom stereocenters. The molecule has 0 bridgehead atoms. The normalized spacial score (nSPS) is 10.3. The van der Waals surface area contributed by atoms with Gasteiger partial charge in [0.2, 0.25) is 5.91 Å². The van der Waals surface area contributed by atoms with Crippen molar-refractivity contribution in [3.05, 3.63) is 58.9 Å². The van der Waals surface area contributed by atoms with Gasteiger partial charge in [0.05, 0.1) is 12.1 Å². The first kappa shape index (κ1) is 18.1. The SMILES string of the molecule is COc1ccccc1CCNC(=O)CCNc1ccc(F)c(Cl)c1. The molecule has 0 aromatic heterocycles. The summed E-state index contributed by atoms with van der Waals surface area (Å²) < 4.78 is 18.3. The smallest absolute Gasteiger partial charge is 0.221 e. The van der Waals surface area contributed by atoms with Crippen molar-refractivity contribution in [3.63, 3.8) is 0 Å². The third-order valence-electron chi connectivity index (χ3n) is 3.51. The van der Waals surface area contributed by atoms with Crippen molar-refractivity contribution in [1.82, 2.24) is 5.32 Å². The number of ether oxygens (including phenoxy) is 1. The van der Waals surface area contributed by atoms with Gasteiger partial charge in [0.15, 0.2) is 0 Å². The van der Waals surface area contributed by atoms with E-state index in [-0.39, 0.29) is 10.9 Å². The van der Waals surface area contributed by atoms with Crippen molar-refractivity contribution < 1.29 is 13.9 Å². The minimum atomic E-state index is -0.462. The first-order valence-corrected chi connectivity index (χ1v) is 8.05. The van der Waals surface area contributed by atoms with Crippen LogP contribution in [0.4, 0.5) is 10.1 Å². The second-order valence-corrected chi connectivity index (χ2v) is 5.62. The van der Waals surface area contributed by atoms with Crippen LogP contribution >= 0.6 is 11.6 Å². The summed E-state index contributed by atoms with van der Waals surface area (Å²) in [5, 5.41) is 5.96. The molecule has 6 heteroatoms. The molecule has 0 fully saturated rings. The Balaban J connectivity index is 1.69. The molecule has 0 aliphatic heterocycles. The maximum atomic E-state index is 13.0. The van der Waals surface area contributed by atoms with Crippen LogP contribution < -0.4 is 15.4 Å². The molecule has 0 aliphatic carbocycles. The van der Waals surface area contributed by atoms with E-state index in [1.807, 2.05) is 24.3 Å². The highest BCUT2D eigenvalue weighted by Gasteiger charge is 2.05. The lowest BCUT2D eigenvalue weighted by Crippen LogP contribution is -2.27. The van der Waals surface area contributed by atoms with Crippen molar-refractivity contribution in [2.45, 2.75) is 12.8 Å². The van der Waals surface area contributed by atoms with Gasteiger partial charge < -0.3 is 15.4 Å². The van der Waals surface area contributed by atoms with Gasteiger partial charge in [-0.05, 0) is 36.2 Å². The standard InChI is InChI=1S/C18H20ClFN2O2/c1-24-17-5-3-2-4-13(17)8-10-22-18(23)9-11-21-14-6-7-16(20)15(19)12-14/h2-7,12,21H,8-11H2,1H3,(H,22,23). The van der Waals surface area contributed by atoms with E-state index in [0.29, 0.717) is 31.6 Å². The topological polar surface area (TPSA) is 50.4 Å². The minimum Gasteiger partial charge on any atom is -0.496 e. The molecular formula is C18H20ClFN2O2. The lowest BCUT2D eigenvalue weighted by molar-refractivity contribution is -0.120. The Kier molecular flexibility index (Phi) is 6.88. The van der Waals surface area contributed by atoms with Crippen LogP contribution in [0.2, 0.25) is 5.02 Å². The zero-order valence-electron chi connectivity index (χ0n) is 13.4. The zero-order valence-corrected chi connectivity index (χ0v) is 14.2. The van der Waals surface area contributed by atoms with Gasteiger partial charge in [-0.15, -0.1) is 0 Å². The molecule has 128 valence electrons. The van der Waals surface area contributed by atoms with Crippen LogP contribution in [0.25, 0.3) is 0 Å². The fourth-order valence-corrected chi connectivity index (χ4v) is 2.44. The Morgan fingerprint density at radius 2 is 2.00 bits per heavy atom. The Hall–Kier alpha value is -2.27. The number of rotatable bonds is 8. The number of carbonyl (C=O) groups excluding carboxylic acids is 1. The van der Waals surface area contributed by atoms with Gasteiger partial charge in [-0.2, -0.15) is 0 Å². The molecule has 0 heterocycles. The number of hydrogen-bond acceptors (Lipinski definition) is 3. The summed E-state index contributed by atoms with van der Waals surface area (Å²) in [5.74, 6) is 0.309. The minimum absolute atomic E-state index is 0.0504. The predicted molar refractivity (Wildman–Crippen MR) is 94.2 cm³/mol. The molecule has 0 atom stereocenters. The number of amides is 1. The van der Waals surface area contributed by atoms with Gasteiger partial charge in [-0.3, -0.25) is 4.79 Å². The van der Waals surface area contributed by atoms with Gasteiger partial charge in [-0.1, -0.05) is 29.8 Å². The molecule has 0 radical (unpaired) electrons. The van der Waals surface area contributed by atoms with Gasteiger partial charge >= 0.3 is 0 Å². The second-order valence-electron chi connectivity index (χ2n) is 5.22. The van der Waals surface area contributed by atoms with E-state index in [4.69, 9.17) is 16.3 Å². The average molecular weight is 351 g/mol. The highest BCUT2D eigenvalue weighted by Crippen LogP contribution is 2.19. The summed E-state index contributed by atoms with van der Waals surface area (Å²) in [6.07, 6.45) is 1.03. The Labute approximate surface area is 146 Å². The number of carbonyl (C=O) groups is 1. The number of halogens is 2. The number of anilines is 1. The van der Waals surface area contributed by atoms with Crippen LogP contribution in [0.5, 0.6) is 5.75 Å². The molecule has 4 nitrogen and oxygen atoms in total. The first-order valence-electron chi connectivity index (χ1n) is 7.67. The van der Waals surface area contributed by atoms with Gasteiger partial charge in [0.25, 0.3) is 0 Å². The van der Waals surface area contributed by atoms with Crippen molar-refractivity contribution >= 4 is 23.2 Å². The van der Waals surface area contributed by atoms with Crippen molar-refractivity contribution in [3.8, 4) is 5.75 Å². The molecule has 0 saturated carbocycles. The van der Waals surface area contributed by atoms with E-state index in [9.17, 15) is 9.18 Å². The third kappa shape index (κ3) is 5.42. The van der Waals surface area contributed by atoms with Crippen LogP contribution in [0.3, 0.4) is 0 Å². The summed E-state index contributed by atoms with van der Waals surface area (Å²) in [7, 11) is 1.63. The van der Waals surface area contributed by atoms with E-state index >= 15 is 0 Å². The third-order valence-corrected chi connectivity index (χ3v) is 3.80. The summed E-state index contributed by atoms with van der Waals surface area (Å²) in [6.45, 7) is 0.990. The van der Waals surface area contributed by atoms with Gasteiger partial charge in [0.1, 0.15) is 11.6 Å². The maximum Gasteiger partial charge on any atom is 0.221 e. The summed E-state index contributed by atoms with van der Waals surface area (Å²) in [4.78, 5) is 11.8. The van der Waals surface area contributed by atoms with E-state index < -0.39 is 5.82 Å². The Bertz CT molecular complexity index is 694. The van der Waals surface area contributed by atoms with Gasteiger partial charge in [0, 0.05) is 25.2 Å². The molecule has 2 N–H and O–H groups in total. The molecule has 0 saturated heterocycles. The Morgan fingerprint density at radius 1 is 1.21 bits per heavy atom. The predicted octanol–water partition coefficient (Wildman–Crippen LogP) is 3.65. The van der Waals surface area contributed by atoms with E-state index in [1.54, 1.807) is 13.2 Å². The van der Waals surface area contributed by atoms with E-state index in [0.717, 1.165) is 11.3 Å². The van der Waals surface area contributed by atoms with Crippen LogP contribution in [-0.4, -0.2) is 26.1 Å². The average Bonchev–Trinajstić information content (AvgIpc) is 2.58. The fraction of sp³-hybridized carbons (Fsp3) is 0.278. The molecule has 24 heavy (non-hydrogen) atoms. The maximum absolute atomic E-state index is 13.0. The molecule has 2 aromatic carbocycles. The highest BCUT2D eigenvalue weighted by atomic mass is 35.5. The van der Waals surface area contributed by atoms with Crippen LogP contribution in [0, 0.1) is 5.82 Å². The summed E-state index contributed by atoms with van der Waals surface area (Å²) >= 11 is 5.70. The summed E-state index contributed by atoms with van der Waals surface area (Å²) in [6, 6.07) is 12.1. The van der Waals surface area contributed by atoms with Gasteiger partial charge in [-0.25, -0.2) is 4.39 Å². The zero-order chi connectivity index (χ0) is 17.4. The number of methoxy groups -OCH3 is 1. The fourth-order valence-electron chi connectivity index (χ4n) is 2.26. The summed E-state index contributed by atoms with van der Waals surface area (Å²) in [5.41, 5.74) is 1.74. The van der Waals surface area contributed by atoms with Crippen molar-refractivity contribution in [2.24, 2.45) is 0 Å². The largest absolute Gasteiger partial charge is 0.496 e. The number of para-hydroxylation sites is 1. The van der Waals surface area contributed by atoms with Crippen LogP contribution in [0.1, 0.15) is 12.0 Å². The Morgan fingerprint density at radius 3 is 2.75 bits per heavy atom. The lowest BCUT2D eigenvalue weighted by atomic mass is 10.1. The monoisotopic (exact) mass is 350 g/mol. The lowest BCUT2D eigenvalue weighted by Gasteiger charge is -2.10. The van der Waals surface area contributed by atoms with E-state index in [2.05, 4.69) is 10.6 Å². The van der Waals surface area contributed by atoms with Crippen molar-refractivity contribution in [2.75, 3.05) is 25.5 Å². The molecule has 0 aliphatic rings. The molecule has 2 aromatic rings. The number of nitrogens with one attached hydrogen (secondary N) is 2. The molecule has 0 spiro atoms.